The molecule has 1 amide bonds. The van der Waals surface area contributed by atoms with Crippen molar-refractivity contribution in [2.24, 2.45) is 5.92 Å². The maximum Gasteiger partial charge on any atom is 0.253 e. The SMILES string of the molecule is CCc1cccc(-c2c(Cl)cccc2[C@](O)(CCCCCO)[C@@H]2CCCN(C(=O)c3ccc(CNC)cc3)C2)c1. The van der Waals surface area contributed by atoms with Crippen LogP contribution in [0.3, 0.4) is 0 Å². The number of rotatable bonds is 12. The number of likely N-dealkylation sites (tertiary alicyclic amines) is 1. The van der Waals surface area contributed by atoms with Crippen LogP contribution >= 0.6 is 11.6 Å². The van der Waals surface area contributed by atoms with Crippen LogP contribution in [0.25, 0.3) is 11.1 Å². The smallest absolute Gasteiger partial charge is 0.253 e. The molecule has 40 heavy (non-hydrogen) atoms. The van der Waals surface area contributed by atoms with Gasteiger partial charge in [0.2, 0.25) is 0 Å². The van der Waals surface area contributed by atoms with Gasteiger partial charge < -0.3 is 20.4 Å². The number of carbonyl (C=O) groups is 1. The number of carbonyl (C=O) groups excluding carboxylic acids is 1. The molecular formula is C34H43ClN2O3. The van der Waals surface area contributed by atoms with E-state index in [1.807, 2.05) is 60.5 Å². The highest BCUT2D eigenvalue weighted by Crippen LogP contribution is 2.46. The van der Waals surface area contributed by atoms with Crippen LogP contribution in [0.5, 0.6) is 0 Å². The number of nitrogens with one attached hydrogen (secondary N) is 1. The Morgan fingerprint density at radius 2 is 1.82 bits per heavy atom. The normalized spacial score (nSPS) is 17.0. The molecule has 4 rings (SSSR count). The number of unbranched alkanes of at least 4 members (excludes halogenated alkanes) is 2. The summed E-state index contributed by atoms with van der Waals surface area (Å²) in [6.07, 6.45) is 5.41. The first-order valence-corrected chi connectivity index (χ1v) is 15.0. The van der Waals surface area contributed by atoms with Gasteiger partial charge in [0.25, 0.3) is 5.91 Å². The van der Waals surface area contributed by atoms with Gasteiger partial charge in [-0.05, 0) is 79.6 Å². The topological polar surface area (TPSA) is 72.8 Å². The molecule has 0 spiro atoms. The second kappa shape index (κ2) is 14.3. The van der Waals surface area contributed by atoms with Crippen LogP contribution < -0.4 is 5.32 Å². The number of halogens is 1. The van der Waals surface area contributed by atoms with Gasteiger partial charge in [0.1, 0.15) is 0 Å². The predicted molar refractivity (Wildman–Crippen MR) is 164 cm³/mol. The van der Waals surface area contributed by atoms with Crippen molar-refractivity contribution in [2.75, 3.05) is 26.7 Å². The molecule has 6 heteroatoms. The minimum Gasteiger partial charge on any atom is -0.396 e. The average molecular weight is 563 g/mol. The van der Waals surface area contributed by atoms with Gasteiger partial charge >= 0.3 is 0 Å². The lowest BCUT2D eigenvalue weighted by Crippen LogP contribution is -2.48. The third-order valence-electron chi connectivity index (χ3n) is 8.29. The summed E-state index contributed by atoms with van der Waals surface area (Å²) >= 11 is 6.87. The molecule has 1 saturated heterocycles. The summed E-state index contributed by atoms with van der Waals surface area (Å²) in [7, 11) is 1.91. The van der Waals surface area contributed by atoms with E-state index in [1.54, 1.807) is 0 Å². The number of aryl methyl sites for hydroxylation is 1. The van der Waals surface area contributed by atoms with E-state index in [2.05, 4.69) is 30.4 Å². The predicted octanol–water partition coefficient (Wildman–Crippen LogP) is 6.58. The highest BCUT2D eigenvalue weighted by Gasteiger charge is 2.43. The number of aliphatic hydroxyl groups is 2. The molecular weight excluding hydrogens is 520 g/mol. The summed E-state index contributed by atoms with van der Waals surface area (Å²) < 4.78 is 0. The van der Waals surface area contributed by atoms with E-state index in [0.29, 0.717) is 36.5 Å². The van der Waals surface area contributed by atoms with Crippen molar-refractivity contribution in [3.05, 3.63) is 94.0 Å². The standard InChI is InChI=1S/C34H43ClN2O3/c1-3-25-10-7-11-28(22-25)32-30(13-8-14-31(32)35)34(40,19-5-4-6-21-38)29-12-9-20-37(24-29)33(39)27-17-15-26(16-18-27)23-36-2/h7-8,10-11,13-18,22,29,36,38,40H,3-6,9,12,19-21,23-24H2,1-2H3/t29-,34+/m1/s1. The van der Waals surface area contributed by atoms with Crippen molar-refractivity contribution in [2.45, 2.75) is 64.0 Å². The van der Waals surface area contributed by atoms with Crippen LogP contribution in [0.15, 0.2) is 66.7 Å². The molecule has 3 aromatic carbocycles. The molecule has 5 nitrogen and oxygen atoms in total. The Balaban J connectivity index is 1.69. The number of hydrogen-bond acceptors (Lipinski definition) is 4. The molecule has 0 bridgehead atoms. The van der Waals surface area contributed by atoms with E-state index in [9.17, 15) is 15.0 Å². The molecule has 3 aromatic rings. The van der Waals surface area contributed by atoms with Gasteiger partial charge in [-0.1, -0.05) is 79.9 Å². The van der Waals surface area contributed by atoms with Gasteiger partial charge in [-0.25, -0.2) is 0 Å². The van der Waals surface area contributed by atoms with Crippen molar-refractivity contribution in [1.82, 2.24) is 10.2 Å². The molecule has 1 aliphatic heterocycles. The van der Waals surface area contributed by atoms with E-state index < -0.39 is 5.60 Å². The molecule has 0 unspecified atom stereocenters. The van der Waals surface area contributed by atoms with Gasteiger partial charge in [-0.15, -0.1) is 0 Å². The Hall–Kier alpha value is -2.70. The first-order valence-electron chi connectivity index (χ1n) is 14.7. The molecule has 1 fully saturated rings. The zero-order valence-corrected chi connectivity index (χ0v) is 24.6. The highest BCUT2D eigenvalue weighted by atomic mass is 35.5. The van der Waals surface area contributed by atoms with Crippen molar-refractivity contribution >= 4 is 17.5 Å². The number of benzene rings is 3. The monoisotopic (exact) mass is 562 g/mol. The minimum absolute atomic E-state index is 0.00491. The van der Waals surface area contributed by atoms with Gasteiger partial charge in [-0.2, -0.15) is 0 Å². The highest BCUT2D eigenvalue weighted by molar-refractivity contribution is 6.33. The zero-order valence-electron chi connectivity index (χ0n) is 23.8. The minimum atomic E-state index is -1.17. The van der Waals surface area contributed by atoms with E-state index in [-0.39, 0.29) is 18.4 Å². The summed E-state index contributed by atoms with van der Waals surface area (Å²) in [5.74, 6) is -0.139. The maximum absolute atomic E-state index is 13.6. The average Bonchev–Trinajstić information content (AvgIpc) is 2.99. The quantitative estimate of drug-likeness (QED) is 0.218. The largest absolute Gasteiger partial charge is 0.396 e. The number of aliphatic hydroxyl groups excluding tert-OH is 1. The molecule has 214 valence electrons. The number of piperidine rings is 1. The number of amides is 1. The molecule has 2 atom stereocenters. The van der Waals surface area contributed by atoms with Crippen LogP contribution in [0.1, 0.15) is 72.5 Å². The molecule has 1 aliphatic rings. The maximum atomic E-state index is 13.6. The Morgan fingerprint density at radius 3 is 2.55 bits per heavy atom. The molecule has 0 radical (unpaired) electrons. The van der Waals surface area contributed by atoms with E-state index in [0.717, 1.165) is 60.9 Å². The molecule has 0 saturated carbocycles. The Morgan fingerprint density at radius 1 is 1.05 bits per heavy atom. The van der Waals surface area contributed by atoms with Gasteiger partial charge in [-0.3, -0.25) is 4.79 Å². The summed E-state index contributed by atoms with van der Waals surface area (Å²) in [5, 5.41) is 25.8. The fourth-order valence-corrected chi connectivity index (χ4v) is 6.35. The van der Waals surface area contributed by atoms with Crippen LogP contribution in [0.4, 0.5) is 0 Å². The fraction of sp³-hybridized carbons (Fsp3) is 0.441. The van der Waals surface area contributed by atoms with Gasteiger partial charge in [0.05, 0.1) is 5.60 Å². The third-order valence-corrected chi connectivity index (χ3v) is 8.60. The molecule has 1 heterocycles. The Bertz CT molecular complexity index is 1260. The van der Waals surface area contributed by atoms with Crippen molar-refractivity contribution < 1.29 is 15.0 Å². The van der Waals surface area contributed by atoms with E-state index >= 15 is 0 Å². The van der Waals surface area contributed by atoms with Crippen LogP contribution in [-0.2, 0) is 18.6 Å². The second-order valence-electron chi connectivity index (χ2n) is 11.0. The lowest BCUT2D eigenvalue weighted by atomic mass is 9.72. The molecule has 3 N–H and O–H groups in total. The van der Waals surface area contributed by atoms with Gasteiger partial charge in [0, 0.05) is 48.3 Å². The van der Waals surface area contributed by atoms with E-state index in [4.69, 9.17) is 11.6 Å². The fourth-order valence-electron chi connectivity index (χ4n) is 6.07. The summed E-state index contributed by atoms with van der Waals surface area (Å²) in [6.45, 7) is 4.19. The summed E-state index contributed by atoms with van der Waals surface area (Å²) in [5.41, 5.74) is 4.54. The van der Waals surface area contributed by atoms with Crippen LogP contribution in [-0.4, -0.2) is 47.8 Å². The first kappa shape index (κ1) is 30.3. The van der Waals surface area contributed by atoms with Crippen molar-refractivity contribution in [3.63, 3.8) is 0 Å². The van der Waals surface area contributed by atoms with E-state index in [1.165, 1.54) is 5.56 Å². The Kier molecular flexibility index (Phi) is 10.8. The van der Waals surface area contributed by atoms with Crippen molar-refractivity contribution in [3.8, 4) is 11.1 Å². The van der Waals surface area contributed by atoms with Crippen LogP contribution in [0, 0.1) is 5.92 Å². The molecule has 0 aliphatic carbocycles. The van der Waals surface area contributed by atoms with Gasteiger partial charge in [0.15, 0.2) is 0 Å². The number of hydrogen-bond donors (Lipinski definition) is 3. The Labute approximate surface area is 244 Å². The van der Waals surface area contributed by atoms with Crippen LogP contribution in [0.2, 0.25) is 5.02 Å². The number of nitrogens with zero attached hydrogens (tertiary/aromatic N) is 1. The molecule has 0 aromatic heterocycles. The summed E-state index contributed by atoms with van der Waals surface area (Å²) in [6, 6.07) is 22.0. The summed E-state index contributed by atoms with van der Waals surface area (Å²) in [4.78, 5) is 15.5. The van der Waals surface area contributed by atoms with Crippen molar-refractivity contribution in [1.29, 1.82) is 0 Å². The zero-order chi connectivity index (χ0) is 28.5. The second-order valence-corrected chi connectivity index (χ2v) is 11.4. The lowest BCUT2D eigenvalue weighted by Gasteiger charge is -2.44. The first-order chi connectivity index (χ1) is 19.4. The third kappa shape index (κ3) is 6.95. The lowest BCUT2D eigenvalue weighted by molar-refractivity contribution is -0.0569.